The van der Waals surface area contributed by atoms with Gasteiger partial charge in [-0.2, -0.15) is 5.10 Å². The first-order valence-electron chi connectivity index (χ1n) is 9.13. The molecule has 0 amide bonds. The van der Waals surface area contributed by atoms with Crippen molar-refractivity contribution in [3.8, 4) is 28.3 Å². The van der Waals surface area contributed by atoms with Gasteiger partial charge in [0.1, 0.15) is 5.75 Å². The molecule has 3 aromatic rings. The van der Waals surface area contributed by atoms with Crippen LogP contribution in [0.2, 0.25) is 5.02 Å². The molecule has 0 bridgehead atoms. The van der Waals surface area contributed by atoms with Crippen molar-refractivity contribution in [2.24, 2.45) is 0 Å². The van der Waals surface area contributed by atoms with E-state index < -0.39 is 0 Å². The molecule has 2 aromatic carbocycles. The highest BCUT2D eigenvalue weighted by molar-refractivity contribution is 7.16. The second-order valence-electron chi connectivity index (χ2n) is 6.63. The van der Waals surface area contributed by atoms with Crippen LogP contribution in [0.15, 0.2) is 48.5 Å². The number of hydrogen-bond acceptors (Lipinski definition) is 3. The summed E-state index contributed by atoms with van der Waals surface area (Å²) in [5, 5.41) is 11.6. The van der Waals surface area contributed by atoms with Crippen molar-refractivity contribution < 1.29 is 4.74 Å². The third-order valence-electron chi connectivity index (χ3n) is 4.07. The van der Waals surface area contributed by atoms with Crippen molar-refractivity contribution in [3.05, 3.63) is 53.6 Å². The third-order valence-corrected chi connectivity index (χ3v) is 4.78. The molecule has 3 rings (SSSR count). The van der Waals surface area contributed by atoms with E-state index in [2.05, 4.69) is 49.0 Å². The number of H-pyrrole nitrogens is 1. The predicted molar refractivity (Wildman–Crippen MR) is 118 cm³/mol. The number of nitrogens with zero attached hydrogens (tertiary/aromatic N) is 1. The number of anilines is 1. The molecule has 0 aliphatic carbocycles. The number of nitrogens with one attached hydrogen (secondary N) is 2. The molecule has 0 aliphatic rings. The van der Waals surface area contributed by atoms with Crippen LogP contribution in [0.25, 0.3) is 22.5 Å². The minimum absolute atomic E-state index is 0.0867. The van der Waals surface area contributed by atoms with Crippen LogP contribution in [0, 0.1) is 0 Å². The first-order valence-corrected chi connectivity index (χ1v) is 10.3. The normalized spacial score (nSPS) is 11.0. The van der Waals surface area contributed by atoms with E-state index >= 15 is 0 Å². The van der Waals surface area contributed by atoms with Gasteiger partial charge in [-0.25, -0.2) is 0 Å². The summed E-state index contributed by atoms with van der Waals surface area (Å²) in [5.41, 5.74) is 5.00. The predicted octanol–water partition coefficient (Wildman–Crippen LogP) is 5.86. The number of hydrogen-bond donors (Lipinski definition) is 2. The van der Waals surface area contributed by atoms with E-state index in [1.165, 1.54) is 0 Å². The van der Waals surface area contributed by atoms with Gasteiger partial charge in [-0.3, -0.25) is 5.10 Å². The standard InChI is InChI=1S/C21H25ClN3OP/c1-14(2)26-21-9-6-16(12-18(21)22)20-13-19(24-25-20)15-4-7-17(8-5-15)23-10-3-11-27/h4-9,12-14,23H,3,10-11,27H2,1-2H3,(H,24,25). The van der Waals surface area contributed by atoms with E-state index in [0.717, 1.165) is 47.3 Å². The Kier molecular flexibility index (Phi) is 6.76. The van der Waals surface area contributed by atoms with Gasteiger partial charge in [0.05, 0.1) is 22.5 Å². The summed E-state index contributed by atoms with van der Waals surface area (Å²) in [7, 11) is 2.75. The monoisotopic (exact) mass is 401 g/mol. The number of benzene rings is 2. The quantitative estimate of drug-likeness (QED) is 0.367. The molecule has 1 atom stereocenters. The van der Waals surface area contributed by atoms with Crippen LogP contribution >= 0.6 is 20.8 Å². The largest absolute Gasteiger partial charge is 0.489 e. The number of ether oxygens (including phenoxy) is 1. The molecule has 2 N–H and O–H groups in total. The van der Waals surface area contributed by atoms with Crippen molar-refractivity contribution in [1.29, 1.82) is 0 Å². The van der Waals surface area contributed by atoms with Gasteiger partial charge in [-0.05, 0) is 68.4 Å². The first-order chi connectivity index (χ1) is 13.1. The summed E-state index contributed by atoms with van der Waals surface area (Å²) in [6.45, 7) is 4.94. The van der Waals surface area contributed by atoms with Gasteiger partial charge in [0.2, 0.25) is 0 Å². The summed E-state index contributed by atoms with van der Waals surface area (Å²) in [6, 6.07) is 16.1. The highest BCUT2D eigenvalue weighted by Gasteiger charge is 2.10. The van der Waals surface area contributed by atoms with Crippen LogP contribution in [0.5, 0.6) is 5.75 Å². The maximum atomic E-state index is 6.35. The third kappa shape index (κ3) is 5.24. The fraction of sp³-hybridized carbons (Fsp3) is 0.286. The fourth-order valence-corrected chi connectivity index (χ4v) is 3.16. The summed E-state index contributed by atoms with van der Waals surface area (Å²) in [5.74, 6) is 0.691. The van der Waals surface area contributed by atoms with Gasteiger partial charge in [-0.1, -0.05) is 23.7 Å². The zero-order chi connectivity index (χ0) is 19.2. The van der Waals surface area contributed by atoms with E-state index in [-0.39, 0.29) is 6.10 Å². The van der Waals surface area contributed by atoms with Crippen molar-refractivity contribution >= 4 is 26.5 Å². The van der Waals surface area contributed by atoms with Crippen LogP contribution < -0.4 is 10.1 Å². The Morgan fingerprint density at radius 3 is 2.52 bits per heavy atom. The highest BCUT2D eigenvalue weighted by Crippen LogP contribution is 2.31. The number of aromatic amines is 1. The topological polar surface area (TPSA) is 49.9 Å². The Balaban J connectivity index is 1.74. The summed E-state index contributed by atoms with van der Waals surface area (Å²) in [4.78, 5) is 0. The molecule has 0 saturated heterocycles. The zero-order valence-corrected chi connectivity index (χ0v) is 17.5. The van der Waals surface area contributed by atoms with E-state index in [4.69, 9.17) is 16.3 Å². The first kappa shape index (κ1) is 19.7. The lowest BCUT2D eigenvalue weighted by Crippen LogP contribution is -2.05. The molecule has 4 nitrogen and oxygen atoms in total. The van der Waals surface area contributed by atoms with Crippen LogP contribution in [0.3, 0.4) is 0 Å². The molecule has 27 heavy (non-hydrogen) atoms. The Labute approximate surface area is 167 Å². The van der Waals surface area contributed by atoms with Gasteiger partial charge in [-0.15, -0.1) is 9.24 Å². The lowest BCUT2D eigenvalue weighted by Gasteiger charge is -2.11. The minimum atomic E-state index is 0.0867. The number of aromatic nitrogens is 2. The molecule has 0 fully saturated rings. The average molecular weight is 402 g/mol. The second kappa shape index (κ2) is 9.25. The molecule has 0 saturated carbocycles. The van der Waals surface area contributed by atoms with Crippen molar-refractivity contribution in [1.82, 2.24) is 10.2 Å². The van der Waals surface area contributed by atoms with Crippen LogP contribution in [-0.4, -0.2) is 29.0 Å². The van der Waals surface area contributed by atoms with Crippen molar-refractivity contribution in [2.75, 3.05) is 18.0 Å². The molecule has 6 heteroatoms. The Hall–Kier alpha value is -2.03. The van der Waals surface area contributed by atoms with Gasteiger partial charge in [0.25, 0.3) is 0 Å². The van der Waals surface area contributed by atoms with E-state index in [1.54, 1.807) is 0 Å². The molecule has 1 aromatic heterocycles. The second-order valence-corrected chi connectivity index (χ2v) is 7.61. The molecular weight excluding hydrogens is 377 g/mol. The fourth-order valence-electron chi connectivity index (χ4n) is 2.73. The smallest absolute Gasteiger partial charge is 0.138 e. The average Bonchev–Trinajstić information content (AvgIpc) is 3.14. The van der Waals surface area contributed by atoms with Gasteiger partial charge >= 0.3 is 0 Å². The maximum absolute atomic E-state index is 6.35. The Morgan fingerprint density at radius 2 is 1.85 bits per heavy atom. The Bertz CT molecular complexity index is 877. The van der Waals surface area contributed by atoms with Crippen molar-refractivity contribution in [2.45, 2.75) is 26.4 Å². The summed E-state index contributed by atoms with van der Waals surface area (Å²) < 4.78 is 5.69. The van der Waals surface area contributed by atoms with Gasteiger partial charge < -0.3 is 10.1 Å². The summed E-state index contributed by atoms with van der Waals surface area (Å²) >= 11 is 6.35. The molecular formula is C21H25ClN3OP. The van der Waals surface area contributed by atoms with E-state index in [1.807, 2.05) is 38.1 Å². The van der Waals surface area contributed by atoms with Crippen LogP contribution in [0.1, 0.15) is 20.3 Å². The van der Waals surface area contributed by atoms with Crippen LogP contribution in [0.4, 0.5) is 5.69 Å². The van der Waals surface area contributed by atoms with Gasteiger partial charge in [0.15, 0.2) is 0 Å². The molecule has 1 unspecified atom stereocenters. The molecule has 0 aliphatic heterocycles. The van der Waals surface area contributed by atoms with Crippen LogP contribution in [-0.2, 0) is 0 Å². The molecule has 0 radical (unpaired) electrons. The summed E-state index contributed by atoms with van der Waals surface area (Å²) in [6.07, 6.45) is 2.33. The lowest BCUT2D eigenvalue weighted by molar-refractivity contribution is 0.242. The lowest BCUT2D eigenvalue weighted by atomic mass is 10.1. The Morgan fingerprint density at radius 1 is 1.11 bits per heavy atom. The maximum Gasteiger partial charge on any atom is 0.138 e. The van der Waals surface area contributed by atoms with E-state index in [9.17, 15) is 0 Å². The van der Waals surface area contributed by atoms with Gasteiger partial charge in [0, 0.05) is 17.8 Å². The molecule has 1 heterocycles. The number of halogens is 1. The zero-order valence-electron chi connectivity index (χ0n) is 15.6. The minimum Gasteiger partial charge on any atom is -0.489 e. The van der Waals surface area contributed by atoms with E-state index in [0.29, 0.717) is 10.8 Å². The SMILES string of the molecule is CC(C)Oc1ccc(-c2cc(-c3ccc(NCCCP)cc3)[nH]n2)cc1Cl. The molecule has 0 spiro atoms. The molecule has 142 valence electrons. The highest BCUT2D eigenvalue weighted by atomic mass is 35.5. The van der Waals surface area contributed by atoms with Crippen molar-refractivity contribution in [3.63, 3.8) is 0 Å². The number of rotatable bonds is 8.